The molecule has 1 fully saturated rings. The molecule has 20 heavy (non-hydrogen) atoms. The van der Waals surface area contributed by atoms with Crippen molar-refractivity contribution in [2.24, 2.45) is 5.92 Å². The second kappa shape index (κ2) is 6.68. The first-order valence-electron chi connectivity index (χ1n) is 7.50. The molecule has 2 rings (SSSR count). The molecule has 2 N–H and O–H groups in total. The number of nitrogens with one attached hydrogen (secondary N) is 2. The van der Waals surface area contributed by atoms with Crippen LogP contribution in [0.2, 0.25) is 0 Å². The zero-order valence-corrected chi connectivity index (χ0v) is 12.6. The molecule has 0 aliphatic heterocycles. The first kappa shape index (κ1) is 14.8. The van der Waals surface area contributed by atoms with Gasteiger partial charge in [0, 0.05) is 19.0 Å². The van der Waals surface area contributed by atoms with Gasteiger partial charge in [-0.3, -0.25) is 4.79 Å². The van der Waals surface area contributed by atoms with Gasteiger partial charge in [0.05, 0.1) is 11.9 Å². The fourth-order valence-corrected chi connectivity index (χ4v) is 1.88. The number of carbonyl (C=O) groups excluding carboxylic acids is 1. The van der Waals surface area contributed by atoms with Crippen LogP contribution in [0, 0.1) is 5.92 Å². The summed E-state index contributed by atoms with van der Waals surface area (Å²) in [4.78, 5) is 21.1. The van der Waals surface area contributed by atoms with Crippen molar-refractivity contribution in [2.75, 3.05) is 18.4 Å². The van der Waals surface area contributed by atoms with Gasteiger partial charge in [0.25, 0.3) is 5.91 Å². The lowest BCUT2D eigenvalue weighted by Crippen LogP contribution is -2.28. The highest BCUT2D eigenvalue weighted by atomic mass is 16.1. The zero-order chi connectivity index (χ0) is 14.5. The second-order valence-corrected chi connectivity index (χ2v) is 5.73. The van der Waals surface area contributed by atoms with E-state index in [9.17, 15) is 4.79 Å². The Bertz CT molecular complexity index is 469. The molecule has 0 spiro atoms. The average Bonchev–Trinajstić information content (AvgIpc) is 3.26. The van der Waals surface area contributed by atoms with Crippen molar-refractivity contribution < 1.29 is 4.79 Å². The number of aromatic nitrogens is 2. The molecule has 1 saturated carbocycles. The van der Waals surface area contributed by atoms with Gasteiger partial charge in [-0.25, -0.2) is 9.97 Å². The summed E-state index contributed by atoms with van der Waals surface area (Å²) in [5.41, 5.74) is 1.20. The summed E-state index contributed by atoms with van der Waals surface area (Å²) in [6.07, 6.45) is 5.17. The molecule has 1 aromatic heterocycles. The van der Waals surface area contributed by atoms with Gasteiger partial charge in [0.15, 0.2) is 5.69 Å². The number of nitrogens with zero attached hydrogens (tertiary/aromatic N) is 2. The Kier molecular flexibility index (Phi) is 4.93. The molecule has 1 aliphatic carbocycles. The molecule has 0 bridgehead atoms. The van der Waals surface area contributed by atoms with Crippen LogP contribution in [-0.4, -0.2) is 29.0 Å². The highest BCUT2D eigenvalue weighted by Gasteiger charge is 2.23. The smallest absolute Gasteiger partial charge is 0.272 e. The fraction of sp³-hybridized carbons (Fsp3) is 0.667. The van der Waals surface area contributed by atoms with Crippen molar-refractivity contribution in [3.63, 3.8) is 0 Å². The fourth-order valence-electron chi connectivity index (χ4n) is 1.88. The number of rotatable bonds is 7. The third kappa shape index (κ3) is 3.92. The van der Waals surface area contributed by atoms with Crippen LogP contribution in [0.1, 0.15) is 62.3 Å². The van der Waals surface area contributed by atoms with Crippen LogP contribution in [0.4, 0.5) is 5.69 Å². The number of anilines is 1. The van der Waals surface area contributed by atoms with Gasteiger partial charge in [-0.05, 0) is 25.2 Å². The summed E-state index contributed by atoms with van der Waals surface area (Å²) in [5, 5.41) is 6.20. The molecule has 1 aromatic rings. The van der Waals surface area contributed by atoms with Crippen LogP contribution >= 0.6 is 0 Å². The van der Waals surface area contributed by atoms with Gasteiger partial charge < -0.3 is 10.6 Å². The van der Waals surface area contributed by atoms with E-state index in [1.165, 1.54) is 12.8 Å². The molecule has 110 valence electrons. The largest absolute Gasteiger partial charge is 0.382 e. The standard InChI is InChI=1S/C15H24N4O/c1-4-7-16-12-9-17-14(10(2)3)19-13(12)15(20)18-8-11-5-6-11/h9-11,16H,4-8H2,1-3H3,(H,18,20). The van der Waals surface area contributed by atoms with E-state index in [0.29, 0.717) is 17.4 Å². The Morgan fingerprint density at radius 3 is 2.80 bits per heavy atom. The second-order valence-electron chi connectivity index (χ2n) is 5.73. The summed E-state index contributed by atoms with van der Waals surface area (Å²) < 4.78 is 0. The molecule has 0 saturated heterocycles. The summed E-state index contributed by atoms with van der Waals surface area (Å²) in [6.45, 7) is 7.71. The molecular formula is C15H24N4O. The lowest BCUT2D eigenvalue weighted by Gasteiger charge is -2.13. The minimum absolute atomic E-state index is 0.0974. The van der Waals surface area contributed by atoms with E-state index in [-0.39, 0.29) is 11.8 Å². The van der Waals surface area contributed by atoms with Crippen LogP contribution < -0.4 is 10.6 Å². The van der Waals surface area contributed by atoms with Crippen LogP contribution in [0.15, 0.2) is 6.20 Å². The quantitative estimate of drug-likeness (QED) is 0.803. The first-order chi connectivity index (χ1) is 9.61. The van der Waals surface area contributed by atoms with Crippen LogP contribution in [-0.2, 0) is 0 Å². The van der Waals surface area contributed by atoms with Gasteiger partial charge in [0.1, 0.15) is 5.82 Å². The van der Waals surface area contributed by atoms with E-state index in [1.807, 2.05) is 13.8 Å². The Hall–Kier alpha value is -1.65. The van der Waals surface area contributed by atoms with Crippen LogP contribution in [0.3, 0.4) is 0 Å². The minimum atomic E-state index is -0.0974. The summed E-state index contributed by atoms with van der Waals surface area (Å²) in [5.74, 6) is 1.49. The van der Waals surface area contributed by atoms with E-state index < -0.39 is 0 Å². The number of carbonyl (C=O) groups is 1. The first-order valence-corrected chi connectivity index (χ1v) is 7.50. The lowest BCUT2D eigenvalue weighted by atomic mass is 10.2. The molecular weight excluding hydrogens is 252 g/mol. The van der Waals surface area contributed by atoms with Crippen molar-refractivity contribution in [1.29, 1.82) is 0 Å². The highest BCUT2D eigenvalue weighted by Crippen LogP contribution is 2.27. The Balaban J connectivity index is 2.14. The average molecular weight is 276 g/mol. The SMILES string of the molecule is CCCNc1cnc(C(C)C)nc1C(=O)NCC1CC1. The number of hydrogen-bond acceptors (Lipinski definition) is 4. The van der Waals surface area contributed by atoms with Gasteiger partial charge >= 0.3 is 0 Å². The van der Waals surface area contributed by atoms with Crippen molar-refractivity contribution in [1.82, 2.24) is 15.3 Å². The molecule has 0 atom stereocenters. The predicted octanol–water partition coefficient (Wildman–Crippen LogP) is 2.56. The predicted molar refractivity (Wildman–Crippen MR) is 80.0 cm³/mol. The maximum atomic E-state index is 12.3. The third-order valence-corrected chi connectivity index (χ3v) is 3.35. The van der Waals surface area contributed by atoms with Crippen molar-refractivity contribution in [2.45, 2.75) is 46.0 Å². The maximum Gasteiger partial charge on any atom is 0.272 e. The third-order valence-electron chi connectivity index (χ3n) is 3.35. The van der Waals surface area contributed by atoms with E-state index in [2.05, 4.69) is 27.5 Å². The summed E-state index contributed by atoms with van der Waals surface area (Å²) in [6, 6.07) is 0. The Labute approximate surface area is 120 Å². The zero-order valence-electron chi connectivity index (χ0n) is 12.6. The summed E-state index contributed by atoms with van der Waals surface area (Å²) >= 11 is 0. The van der Waals surface area contributed by atoms with E-state index in [1.54, 1.807) is 6.20 Å². The van der Waals surface area contributed by atoms with E-state index in [4.69, 9.17) is 0 Å². The number of hydrogen-bond donors (Lipinski definition) is 2. The molecule has 1 aliphatic rings. The topological polar surface area (TPSA) is 66.9 Å². The molecule has 0 aromatic carbocycles. The van der Waals surface area contributed by atoms with E-state index >= 15 is 0 Å². The summed E-state index contributed by atoms with van der Waals surface area (Å²) in [7, 11) is 0. The molecule has 0 unspecified atom stereocenters. The van der Waals surface area contributed by atoms with Gasteiger partial charge in [-0.2, -0.15) is 0 Å². The molecule has 5 nitrogen and oxygen atoms in total. The molecule has 1 amide bonds. The van der Waals surface area contributed by atoms with Crippen molar-refractivity contribution >= 4 is 11.6 Å². The normalized spacial score (nSPS) is 14.4. The van der Waals surface area contributed by atoms with Crippen LogP contribution in [0.25, 0.3) is 0 Å². The monoisotopic (exact) mass is 276 g/mol. The van der Waals surface area contributed by atoms with Crippen LogP contribution in [0.5, 0.6) is 0 Å². The molecule has 0 radical (unpaired) electrons. The highest BCUT2D eigenvalue weighted by molar-refractivity contribution is 5.97. The Morgan fingerprint density at radius 2 is 2.20 bits per heavy atom. The number of amides is 1. The van der Waals surface area contributed by atoms with Gasteiger partial charge in [-0.1, -0.05) is 20.8 Å². The maximum absolute atomic E-state index is 12.3. The van der Waals surface area contributed by atoms with Gasteiger partial charge in [0.2, 0.25) is 0 Å². The van der Waals surface area contributed by atoms with Gasteiger partial charge in [-0.15, -0.1) is 0 Å². The van der Waals surface area contributed by atoms with Crippen molar-refractivity contribution in [3.8, 4) is 0 Å². The van der Waals surface area contributed by atoms with Crippen molar-refractivity contribution in [3.05, 3.63) is 17.7 Å². The molecule has 5 heteroatoms. The molecule has 1 heterocycles. The Morgan fingerprint density at radius 1 is 1.45 bits per heavy atom. The van der Waals surface area contributed by atoms with E-state index in [0.717, 1.165) is 25.2 Å². The minimum Gasteiger partial charge on any atom is -0.382 e. The lowest BCUT2D eigenvalue weighted by molar-refractivity contribution is 0.0947.